The normalized spacial score (nSPS) is 11.9. The Balaban J connectivity index is 3.12. The Morgan fingerprint density at radius 2 is 2.11 bits per heavy atom. The number of hydrogen-bond donors (Lipinski definition) is 3. The highest BCUT2D eigenvalue weighted by Gasteiger charge is 2.18. The molecule has 4 N–H and O–H groups in total. The van der Waals surface area contributed by atoms with Gasteiger partial charge in [0.1, 0.15) is 17.5 Å². The molecule has 0 amide bonds. The quantitative estimate of drug-likeness (QED) is 0.621. The third kappa shape index (κ3) is 3.15. The zero-order chi connectivity index (χ0) is 14.6. The molecule has 106 valence electrons. The van der Waals surface area contributed by atoms with Gasteiger partial charge in [0.15, 0.2) is 0 Å². The van der Waals surface area contributed by atoms with E-state index in [9.17, 15) is 14.4 Å². The maximum atomic E-state index is 11.7. The van der Waals surface area contributed by atoms with Crippen molar-refractivity contribution < 1.29 is 9.53 Å². The lowest BCUT2D eigenvalue weighted by Crippen LogP contribution is -2.37. The zero-order valence-electron chi connectivity index (χ0n) is 11.1. The number of rotatable bonds is 5. The molecule has 1 atom stereocenters. The van der Waals surface area contributed by atoms with Crippen molar-refractivity contribution in [3.05, 3.63) is 20.8 Å². The molecule has 0 aromatic carbocycles. The zero-order valence-corrected chi connectivity index (χ0v) is 11.1. The number of hydrogen-bond acceptors (Lipinski definition) is 6. The molecule has 0 aliphatic rings. The summed E-state index contributed by atoms with van der Waals surface area (Å²) in [6.07, 6.45) is 0. The number of nitrogens with zero attached hydrogens (tertiary/aromatic N) is 1. The van der Waals surface area contributed by atoms with Crippen LogP contribution in [0.4, 0.5) is 11.5 Å². The average Bonchev–Trinajstić information content (AvgIpc) is 2.34. The Kier molecular flexibility index (Phi) is 4.74. The molecule has 8 heteroatoms. The van der Waals surface area contributed by atoms with Gasteiger partial charge in [-0.25, -0.2) is 9.59 Å². The van der Waals surface area contributed by atoms with Gasteiger partial charge in [-0.1, -0.05) is 0 Å². The van der Waals surface area contributed by atoms with Gasteiger partial charge in [-0.15, -0.1) is 0 Å². The van der Waals surface area contributed by atoms with E-state index in [1.165, 1.54) is 11.5 Å². The van der Waals surface area contributed by atoms with E-state index in [0.29, 0.717) is 6.54 Å². The lowest BCUT2D eigenvalue weighted by molar-refractivity contribution is -0.143. The highest BCUT2D eigenvalue weighted by atomic mass is 16.5. The molecule has 0 saturated heterocycles. The number of nitrogens with one attached hydrogen (secondary N) is 2. The first-order valence-electron chi connectivity index (χ1n) is 5.98. The number of nitrogens with two attached hydrogens (primary N) is 1. The van der Waals surface area contributed by atoms with Gasteiger partial charge >= 0.3 is 11.7 Å². The fraction of sp³-hybridized carbons (Fsp3) is 0.545. The van der Waals surface area contributed by atoms with Gasteiger partial charge in [0.25, 0.3) is 5.56 Å². The highest BCUT2D eigenvalue weighted by molar-refractivity contribution is 5.80. The molecular weight excluding hydrogens is 252 g/mol. The van der Waals surface area contributed by atoms with Crippen molar-refractivity contribution in [2.75, 3.05) is 17.7 Å². The van der Waals surface area contributed by atoms with E-state index in [2.05, 4.69) is 10.3 Å². The molecule has 19 heavy (non-hydrogen) atoms. The molecule has 0 bridgehead atoms. The smallest absolute Gasteiger partial charge is 0.330 e. The minimum absolute atomic E-state index is 0.00704. The number of aromatic nitrogens is 2. The van der Waals surface area contributed by atoms with Crippen LogP contribution in [0, 0.1) is 0 Å². The van der Waals surface area contributed by atoms with E-state index >= 15 is 0 Å². The topological polar surface area (TPSA) is 119 Å². The lowest BCUT2D eigenvalue weighted by Gasteiger charge is -2.16. The summed E-state index contributed by atoms with van der Waals surface area (Å²) in [5.41, 5.74) is 4.49. The first kappa shape index (κ1) is 14.8. The molecular formula is C11H18N4O4. The van der Waals surface area contributed by atoms with Crippen LogP contribution in [0.1, 0.15) is 20.8 Å². The van der Waals surface area contributed by atoms with Crippen molar-refractivity contribution in [2.24, 2.45) is 0 Å². The number of carbonyl (C=O) groups is 1. The molecule has 0 aliphatic carbocycles. The van der Waals surface area contributed by atoms with Gasteiger partial charge in [-0.05, 0) is 20.8 Å². The first-order valence-corrected chi connectivity index (χ1v) is 5.98. The summed E-state index contributed by atoms with van der Waals surface area (Å²) >= 11 is 0. The Hall–Kier alpha value is -2.25. The summed E-state index contributed by atoms with van der Waals surface area (Å²) < 4.78 is 6.01. The Bertz CT molecular complexity index is 575. The van der Waals surface area contributed by atoms with Crippen molar-refractivity contribution >= 4 is 17.5 Å². The van der Waals surface area contributed by atoms with Gasteiger partial charge in [0.05, 0.1) is 6.61 Å². The van der Waals surface area contributed by atoms with Crippen LogP contribution in [0.25, 0.3) is 0 Å². The fourth-order valence-electron chi connectivity index (χ4n) is 1.58. The number of H-pyrrole nitrogens is 1. The van der Waals surface area contributed by atoms with Gasteiger partial charge in [0, 0.05) is 6.54 Å². The van der Waals surface area contributed by atoms with Gasteiger partial charge < -0.3 is 15.8 Å². The number of esters is 1. The van der Waals surface area contributed by atoms with Crippen LogP contribution in [0.15, 0.2) is 9.59 Å². The van der Waals surface area contributed by atoms with Crippen LogP contribution >= 0.6 is 0 Å². The maximum absolute atomic E-state index is 11.7. The SMILES string of the molecule is CCOC(=O)C(C)Nc1c(N)n(CC)c(=O)[nH]c1=O. The molecule has 8 nitrogen and oxygen atoms in total. The summed E-state index contributed by atoms with van der Waals surface area (Å²) in [6, 6.07) is -0.744. The van der Waals surface area contributed by atoms with Crippen molar-refractivity contribution in [3.8, 4) is 0 Å². The second-order valence-electron chi connectivity index (χ2n) is 3.88. The van der Waals surface area contributed by atoms with Crippen LogP contribution in [-0.2, 0) is 16.1 Å². The molecule has 1 rings (SSSR count). The average molecular weight is 270 g/mol. The van der Waals surface area contributed by atoms with E-state index in [1.54, 1.807) is 13.8 Å². The molecule has 1 unspecified atom stereocenters. The van der Waals surface area contributed by atoms with Crippen molar-refractivity contribution in [1.82, 2.24) is 9.55 Å². The molecule has 0 saturated carbocycles. The monoisotopic (exact) mass is 270 g/mol. The first-order chi connectivity index (χ1) is 8.92. The Morgan fingerprint density at radius 3 is 2.63 bits per heavy atom. The third-order valence-corrected chi connectivity index (χ3v) is 2.56. The van der Waals surface area contributed by atoms with Crippen molar-refractivity contribution in [3.63, 3.8) is 0 Å². The third-order valence-electron chi connectivity index (χ3n) is 2.56. The summed E-state index contributed by atoms with van der Waals surface area (Å²) in [7, 11) is 0. The summed E-state index contributed by atoms with van der Waals surface area (Å²) in [4.78, 5) is 36.8. The van der Waals surface area contributed by atoms with Crippen molar-refractivity contribution in [1.29, 1.82) is 0 Å². The predicted octanol–water partition coefficient (Wildman–Crippen LogP) is -0.498. The van der Waals surface area contributed by atoms with Crippen LogP contribution < -0.4 is 22.3 Å². The maximum Gasteiger partial charge on any atom is 0.330 e. The second-order valence-corrected chi connectivity index (χ2v) is 3.88. The molecule has 0 radical (unpaired) electrons. The molecule has 1 aromatic heterocycles. The Labute approximate surface area is 109 Å². The summed E-state index contributed by atoms with van der Waals surface area (Å²) in [5, 5.41) is 2.66. The largest absolute Gasteiger partial charge is 0.464 e. The van der Waals surface area contributed by atoms with Crippen LogP contribution in [-0.4, -0.2) is 28.2 Å². The standard InChI is InChI=1S/C11H18N4O4/c1-4-15-8(12)7(9(16)14-11(15)18)13-6(3)10(17)19-5-2/h6,13H,4-5,12H2,1-3H3,(H,14,16,18). The van der Waals surface area contributed by atoms with Crippen LogP contribution in [0.3, 0.4) is 0 Å². The van der Waals surface area contributed by atoms with E-state index in [4.69, 9.17) is 10.5 Å². The number of carbonyl (C=O) groups excluding carboxylic acids is 1. The molecule has 0 aliphatic heterocycles. The van der Waals surface area contributed by atoms with E-state index in [0.717, 1.165) is 0 Å². The number of aromatic amines is 1. The Morgan fingerprint density at radius 1 is 1.47 bits per heavy atom. The minimum Gasteiger partial charge on any atom is -0.464 e. The van der Waals surface area contributed by atoms with Gasteiger partial charge in [0.2, 0.25) is 0 Å². The van der Waals surface area contributed by atoms with Crippen LogP contribution in [0.5, 0.6) is 0 Å². The van der Waals surface area contributed by atoms with Crippen LogP contribution in [0.2, 0.25) is 0 Å². The number of ether oxygens (including phenoxy) is 1. The second kappa shape index (κ2) is 6.07. The lowest BCUT2D eigenvalue weighted by atomic mass is 10.3. The van der Waals surface area contributed by atoms with Gasteiger partial charge in [-0.3, -0.25) is 14.3 Å². The molecule has 0 spiro atoms. The van der Waals surface area contributed by atoms with E-state index in [1.807, 2.05) is 0 Å². The summed E-state index contributed by atoms with van der Waals surface area (Å²) in [5.74, 6) is -0.511. The predicted molar refractivity (Wildman–Crippen MR) is 71.1 cm³/mol. The molecule has 1 heterocycles. The number of anilines is 2. The minimum atomic E-state index is -0.744. The molecule has 0 fully saturated rings. The fourth-order valence-corrected chi connectivity index (χ4v) is 1.58. The van der Waals surface area contributed by atoms with E-state index < -0.39 is 23.3 Å². The molecule has 1 aromatic rings. The van der Waals surface area contributed by atoms with Crippen molar-refractivity contribution in [2.45, 2.75) is 33.4 Å². The summed E-state index contributed by atoms with van der Waals surface area (Å²) in [6.45, 7) is 5.49. The number of nitrogen functional groups attached to an aromatic ring is 1. The van der Waals surface area contributed by atoms with Gasteiger partial charge in [-0.2, -0.15) is 0 Å². The highest BCUT2D eigenvalue weighted by Crippen LogP contribution is 2.11. The van der Waals surface area contributed by atoms with E-state index in [-0.39, 0.29) is 18.1 Å².